The molecule has 2 atom stereocenters. The smallest absolute Gasteiger partial charge is 0.190 e. The fraction of sp³-hybridized carbons (Fsp3) is 0.308. The summed E-state index contributed by atoms with van der Waals surface area (Å²) in [7, 11) is 6.75. The summed E-state index contributed by atoms with van der Waals surface area (Å²) in [6.45, 7) is 2.48. The summed E-state index contributed by atoms with van der Waals surface area (Å²) < 4.78 is 21.9. The normalized spacial score (nSPS) is 13.2. The van der Waals surface area contributed by atoms with Gasteiger partial charge in [-0.25, -0.2) is 0 Å². The van der Waals surface area contributed by atoms with E-state index < -0.39 is 12.1 Å². The van der Waals surface area contributed by atoms with Gasteiger partial charge < -0.3 is 18.9 Å². The highest BCUT2D eigenvalue weighted by Gasteiger charge is 2.26. The Kier molecular flexibility index (Phi) is 8.63. The Morgan fingerprint density at radius 3 is 2.27 bits per heavy atom. The zero-order chi connectivity index (χ0) is 23.8. The van der Waals surface area contributed by atoms with Crippen molar-refractivity contribution in [1.29, 1.82) is 0 Å². The molecule has 0 fully saturated rings. The second kappa shape index (κ2) is 11.6. The number of methoxy groups -OCH3 is 3. The van der Waals surface area contributed by atoms with Crippen molar-refractivity contribution in [1.82, 2.24) is 0 Å². The molecule has 0 saturated heterocycles. The topological polar surface area (TPSA) is 66.4 Å². The summed E-state index contributed by atoms with van der Waals surface area (Å²) >= 11 is 0. The number of ketones is 1. The van der Waals surface area contributed by atoms with Crippen molar-refractivity contribution in [3.63, 3.8) is 0 Å². The van der Waals surface area contributed by atoms with Crippen LogP contribution in [0.1, 0.15) is 24.2 Å². The molecule has 3 rings (SSSR count). The summed E-state index contributed by atoms with van der Waals surface area (Å²) in [5, 5.41) is 2.16. The molecule has 0 heterocycles. The maximum Gasteiger partial charge on any atom is 0.190 e. The van der Waals surface area contributed by atoms with Crippen LogP contribution in [0.2, 0.25) is 0 Å². The van der Waals surface area contributed by atoms with E-state index >= 15 is 0 Å². The number of ether oxygens (including phenoxy) is 4. The van der Waals surface area contributed by atoms with Crippen LogP contribution in [0.5, 0.6) is 11.5 Å². The quantitative estimate of drug-likeness (QED) is 0.257. The van der Waals surface area contributed by atoms with E-state index in [0.717, 1.165) is 27.4 Å². The largest absolute Gasteiger partial charge is 0.497 e. The second-order valence-electron chi connectivity index (χ2n) is 7.76. The number of fused-ring (bicyclic) bond motifs is 1. The first-order valence-electron chi connectivity index (χ1n) is 10.9. The highest BCUT2D eigenvalue weighted by atomic mass is 16.5. The van der Waals surface area contributed by atoms with Gasteiger partial charge in [0.05, 0.1) is 27.4 Å². The van der Waals surface area contributed by atoms with E-state index in [1.54, 1.807) is 34.5 Å². The number of hydrogen-bond acceptors (Lipinski definition) is 6. The molecule has 0 saturated carbocycles. The molecule has 0 radical (unpaired) electrons. The maximum absolute atomic E-state index is 13.4. The third-order valence-electron chi connectivity index (χ3n) is 5.54. The number of nitrogens with zero attached hydrogens (tertiary/aromatic N) is 1. The molecule has 3 aromatic rings. The predicted octanol–water partition coefficient (Wildman–Crippen LogP) is 2.90. The monoisotopic (exact) mass is 447 g/mol. The minimum absolute atomic E-state index is 0.122. The van der Waals surface area contributed by atoms with Crippen LogP contribution in [0.25, 0.3) is 10.8 Å². The third kappa shape index (κ3) is 6.00. The van der Waals surface area contributed by atoms with Crippen LogP contribution in [-0.2, 0) is 14.3 Å². The molecule has 0 aliphatic heterocycles. The molecule has 1 unspecified atom stereocenters. The van der Waals surface area contributed by atoms with Crippen molar-refractivity contribution >= 4 is 36.1 Å². The molecular formula is C26H30BNO5. The second-order valence-corrected chi connectivity index (χ2v) is 7.76. The minimum Gasteiger partial charge on any atom is -0.497 e. The van der Waals surface area contributed by atoms with Gasteiger partial charge in [-0.1, -0.05) is 36.4 Å². The van der Waals surface area contributed by atoms with Gasteiger partial charge in [0.2, 0.25) is 0 Å². The third-order valence-corrected chi connectivity index (χ3v) is 5.54. The fourth-order valence-electron chi connectivity index (χ4n) is 3.63. The Morgan fingerprint density at radius 1 is 0.970 bits per heavy atom. The zero-order valence-electron chi connectivity index (χ0n) is 19.8. The maximum atomic E-state index is 13.4. The molecule has 172 valence electrons. The molecule has 33 heavy (non-hydrogen) atoms. The van der Waals surface area contributed by atoms with E-state index in [1.807, 2.05) is 62.4 Å². The van der Waals surface area contributed by atoms with Crippen LogP contribution in [0.3, 0.4) is 0 Å². The number of aliphatic imine (C=N–C) groups is 1. The first-order valence-corrected chi connectivity index (χ1v) is 10.9. The molecule has 0 aromatic heterocycles. The highest BCUT2D eigenvalue weighted by molar-refractivity contribution is 6.36. The lowest BCUT2D eigenvalue weighted by molar-refractivity contribution is -0.132. The van der Waals surface area contributed by atoms with Crippen LogP contribution in [0, 0.1) is 0 Å². The molecule has 0 N–H and O–H groups in total. The van der Waals surface area contributed by atoms with Crippen LogP contribution in [0.15, 0.2) is 59.6 Å². The van der Waals surface area contributed by atoms with E-state index in [1.165, 1.54) is 0 Å². The van der Waals surface area contributed by atoms with Gasteiger partial charge in [-0.2, -0.15) is 0 Å². The molecule has 0 spiro atoms. The first kappa shape index (κ1) is 24.5. The zero-order valence-corrected chi connectivity index (χ0v) is 19.8. The van der Waals surface area contributed by atoms with Gasteiger partial charge >= 0.3 is 0 Å². The van der Waals surface area contributed by atoms with Gasteiger partial charge in [-0.3, -0.25) is 9.79 Å². The summed E-state index contributed by atoms with van der Waals surface area (Å²) in [6, 6.07) is 17.1. The predicted molar refractivity (Wildman–Crippen MR) is 134 cm³/mol. The Labute approximate surface area is 195 Å². The lowest BCUT2D eigenvalue weighted by Gasteiger charge is -2.20. The molecule has 0 aliphatic rings. The number of benzene rings is 3. The first-order chi connectivity index (χ1) is 16.0. The van der Waals surface area contributed by atoms with Crippen molar-refractivity contribution in [3.05, 3.63) is 65.7 Å². The molecule has 0 bridgehead atoms. The van der Waals surface area contributed by atoms with Gasteiger partial charge in [0.25, 0.3) is 0 Å². The van der Waals surface area contributed by atoms with Crippen LogP contribution in [0.4, 0.5) is 0 Å². The van der Waals surface area contributed by atoms with Gasteiger partial charge in [0.1, 0.15) is 31.5 Å². The Balaban J connectivity index is 1.85. The van der Waals surface area contributed by atoms with Gasteiger partial charge in [-0.15, -0.1) is 0 Å². The van der Waals surface area contributed by atoms with Gasteiger partial charge in [0, 0.05) is 13.3 Å². The number of carbonyl (C=O) groups is 1. The summed E-state index contributed by atoms with van der Waals surface area (Å²) in [4.78, 5) is 17.9. The van der Waals surface area contributed by atoms with Crippen LogP contribution in [-0.4, -0.2) is 60.4 Å². The van der Waals surface area contributed by atoms with Crippen molar-refractivity contribution in [2.45, 2.75) is 19.1 Å². The molecular weight excluding hydrogens is 417 g/mol. The summed E-state index contributed by atoms with van der Waals surface area (Å²) in [5.41, 5.74) is 2.50. The Hall–Kier alpha value is -3.16. The van der Waals surface area contributed by atoms with Gasteiger partial charge in [-0.05, 0) is 52.5 Å². The molecule has 6 nitrogen and oxygen atoms in total. The van der Waals surface area contributed by atoms with Gasteiger partial charge in [0.15, 0.2) is 5.78 Å². The standard InChI is InChI=1S/C26H30BNO5/c1-17(28-16-18-13-22(31-3)24(27)23(14-18)32-4)25(29)26(33-12-11-30-2)21-10-9-19-7-5-6-8-20(19)15-21/h5-10,13-17,26H,11-12,27H2,1-4H3/b28-16+/t17-,26?/m1/s1. The SMILES string of the molecule is Bc1c(OC)cc(/C=N/[C@H](C)C(=O)C(OCCOC)c2ccc3ccccc3c2)cc1OC. The summed E-state index contributed by atoms with van der Waals surface area (Å²) in [6.07, 6.45) is 0.929. The van der Waals surface area contributed by atoms with E-state index in [-0.39, 0.29) is 5.78 Å². The number of carbonyl (C=O) groups excluding carboxylic acids is 1. The number of rotatable bonds is 11. The Morgan fingerprint density at radius 2 is 1.64 bits per heavy atom. The number of Topliss-reactive ketones (excluding diaryl/α,β-unsaturated/α-hetero) is 1. The van der Waals surface area contributed by atoms with Crippen molar-refractivity contribution in [2.24, 2.45) is 4.99 Å². The van der Waals surface area contributed by atoms with Crippen molar-refractivity contribution in [3.8, 4) is 11.5 Å². The fourth-order valence-corrected chi connectivity index (χ4v) is 3.63. The highest BCUT2D eigenvalue weighted by Crippen LogP contribution is 2.25. The minimum atomic E-state index is -0.737. The van der Waals surface area contributed by atoms with Crippen LogP contribution < -0.4 is 14.9 Å². The van der Waals surface area contributed by atoms with Crippen molar-refractivity contribution in [2.75, 3.05) is 34.5 Å². The molecule has 7 heteroatoms. The lowest BCUT2D eigenvalue weighted by Crippen LogP contribution is -2.26. The average Bonchev–Trinajstić information content (AvgIpc) is 2.85. The number of hydrogen-bond donors (Lipinski definition) is 0. The van der Waals surface area contributed by atoms with E-state index in [0.29, 0.717) is 24.7 Å². The summed E-state index contributed by atoms with van der Waals surface area (Å²) in [5.74, 6) is 1.28. The Bertz CT molecular complexity index is 1110. The van der Waals surface area contributed by atoms with E-state index in [9.17, 15) is 4.79 Å². The molecule has 3 aromatic carbocycles. The van der Waals surface area contributed by atoms with E-state index in [4.69, 9.17) is 18.9 Å². The molecule has 0 amide bonds. The average molecular weight is 447 g/mol. The lowest BCUT2D eigenvalue weighted by atomic mass is 9.92. The molecule has 0 aliphatic carbocycles. The van der Waals surface area contributed by atoms with Crippen LogP contribution >= 0.6 is 0 Å². The van der Waals surface area contributed by atoms with E-state index in [2.05, 4.69) is 4.99 Å². The van der Waals surface area contributed by atoms with Crippen molar-refractivity contribution < 1.29 is 23.7 Å².